The predicted molar refractivity (Wildman–Crippen MR) is 53.6 cm³/mol. The third-order valence-corrected chi connectivity index (χ3v) is 2.54. The topological polar surface area (TPSA) is 17.1 Å². The van der Waals surface area contributed by atoms with Crippen LogP contribution in [0.1, 0.15) is 35.7 Å². The first-order valence-electron chi connectivity index (χ1n) is 4.00. The fraction of sp³-hybridized carbons (Fsp3) is 0.300. The van der Waals surface area contributed by atoms with Crippen molar-refractivity contribution in [3.8, 4) is 0 Å². The van der Waals surface area contributed by atoms with E-state index in [0.29, 0.717) is 10.8 Å². The minimum absolute atomic E-state index is 0.0874. The van der Waals surface area contributed by atoms with Crippen LogP contribution in [0.4, 0.5) is 4.39 Å². The minimum atomic E-state index is -0.465. The van der Waals surface area contributed by atoms with Crippen molar-refractivity contribution in [1.29, 1.82) is 0 Å². The van der Waals surface area contributed by atoms with Crippen molar-refractivity contribution in [2.75, 3.05) is 0 Å². The zero-order valence-electron chi connectivity index (χ0n) is 7.47. The maximum absolute atomic E-state index is 13.2. The molecule has 0 N–H and O–H groups in total. The number of carbonyl (C=O) groups is 1. The molecular weight excluding hydrogens is 235 g/mol. The molecule has 0 aliphatic carbocycles. The van der Waals surface area contributed by atoms with Gasteiger partial charge >= 0.3 is 0 Å². The van der Waals surface area contributed by atoms with Crippen molar-refractivity contribution in [3.05, 3.63) is 33.5 Å². The van der Waals surface area contributed by atoms with E-state index in [1.807, 2.05) is 13.8 Å². The molecule has 0 fully saturated rings. The lowest BCUT2D eigenvalue weighted by atomic mass is 10.0. The van der Waals surface area contributed by atoms with Crippen LogP contribution in [0.15, 0.2) is 16.6 Å². The largest absolute Gasteiger partial charge is 0.298 e. The van der Waals surface area contributed by atoms with E-state index in [0.717, 1.165) is 5.56 Å². The second kappa shape index (κ2) is 4.01. The van der Waals surface area contributed by atoms with Gasteiger partial charge in [-0.1, -0.05) is 13.8 Å². The lowest BCUT2D eigenvalue weighted by Crippen LogP contribution is -1.95. The van der Waals surface area contributed by atoms with Crippen LogP contribution in [0.2, 0.25) is 0 Å². The third kappa shape index (κ3) is 2.15. The molecule has 0 aliphatic heterocycles. The molecule has 3 heteroatoms. The Morgan fingerprint density at radius 1 is 1.46 bits per heavy atom. The summed E-state index contributed by atoms with van der Waals surface area (Å²) in [7, 11) is 0. The average Bonchev–Trinajstić information content (AvgIpc) is 2.03. The number of benzene rings is 1. The molecule has 1 nitrogen and oxygen atoms in total. The SMILES string of the molecule is CC(C)c1cc(F)c(C=O)c(Br)c1. The summed E-state index contributed by atoms with van der Waals surface area (Å²) in [4.78, 5) is 10.5. The lowest BCUT2D eigenvalue weighted by molar-refractivity contribution is 0.111. The van der Waals surface area contributed by atoms with Crippen molar-refractivity contribution >= 4 is 22.2 Å². The van der Waals surface area contributed by atoms with E-state index in [1.54, 1.807) is 6.07 Å². The molecule has 0 aliphatic rings. The fourth-order valence-corrected chi connectivity index (χ4v) is 1.60. The molecule has 0 atom stereocenters. The zero-order valence-corrected chi connectivity index (χ0v) is 9.06. The number of aldehydes is 1. The summed E-state index contributed by atoms with van der Waals surface area (Å²) in [5, 5.41) is 0. The first-order chi connectivity index (χ1) is 6.06. The maximum Gasteiger partial charge on any atom is 0.154 e. The molecule has 0 saturated carbocycles. The molecule has 70 valence electrons. The van der Waals surface area contributed by atoms with E-state index in [4.69, 9.17) is 0 Å². The van der Waals surface area contributed by atoms with Crippen LogP contribution in [0.25, 0.3) is 0 Å². The normalized spacial score (nSPS) is 10.5. The highest BCUT2D eigenvalue weighted by Gasteiger charge is 2.09. The summed E-state index contributed by atoms with van der Waals surface area (Å²) in [6.45, 7) is 3.95. The summed E-state index contributed by atoms with van der Waals surface area (Å²) in [5.74, 6) is -0.209. The Kier molecular flexibility index (Phi) is 3.20. The van der Waals surface area contributed by atoms with E-state index in [2.05, 4.69) is 15.9 Å². The highest BCUT2D eigenvalue weighted by molar-refractivity contribution is 9.10. The quantitative estimate of drug-likeness (QED) is 0.728. The van der Waals surface area contributed by atoms with Gasteiger partial charge in [0.1, 0.15) is 5.82 Å². The van der Waals surface area contributed by atoms with Crippen LogP contribution in [-0.2, 0) is 0 Å². The van der Waals surface area contributed by atoms with Crippen molar-refractivity contribution in [1.82, 2.24) is 0 Å². The molecule has 13 heavy (non-hydrogen) atoms. The lowest BCUT2D eigenvalue weighted by Gasteiger charge is -2.07. The first kappa shape index (κ1) is 10.4. The van der Waals surface area contributed by atoms with Gasteiger partial charge in [0.2, 0.25) is 0 Å². The van der Waals surface area contributed by atoms with Crippen LogP contribution < -0.4 is 0 Å². The molecule has 1 aromatic carbocycles. The van der Waals surface area contributed by atoms with Crippen molar-refractivity contribution < 1.29 is 9.18 Å². The summed E-state index contributed by atoms with van der Waals surface area (Å²) >= 11 is 3.16. The minimum Gasteiger partial charge on any atom is -0.298 e. The molecule has 0 unspecified atom stereocenters. The molecule has 0 saturated heterocycles. The first-order valence-corrected chi connectivity index (χ1v) is 4.79. The van der Waals surface area contributed by atoms with Gasteiger partial charge in [0.15, 0.2) is 6.29 Å². The molecule has 0 radical (unpaired) electrons. The van der Waals surface area contributed by atoms with Crippen LogP contribution in [0, 0.1) is 5.82 Å². The highest BCUT2D eigenvalue weighted by atomic mass is 79.9. The number of hydrogen-bond acceptors (Lipinski definition) is 1. The van der Waals surface area contributed by atoms with Crippen LogP contribution >= 0.6 is 15.9 Å². The van der Waals surface area contributed by atoms with E-state index in [1.165, 1.54) is 6.07 Å². The molecule has 0 bridgehead atoms. The summed E-state index contributed by atoms with van der Waals surface area (Å²) in [6, 6.07) is 3.18. The Hall–Kier alpha value is -0.700. The maximum atomic E-state index is 13.2. The van der Waals surface area contributed by atoms with Gasteiger partial charge in [0.05, 0.1) is 5.56 Å². The van der Waals surface area contributed by atoms with Gasteiger partial charge in [0.25, 0.3) is 0 Å². The van der Waals surface area contributed by atoms with E-state index in [-0.39, 0.29) is 11.5 Å². The van der Waals surface area contributed by atoms with Gasteiger partial charge in [-0.15, -0.1) is 0 Å². The fourth-order valence-electron chi connectivity index (χ4n) is 1.05. The molecule has 1 rings (SSSR count). The van der Waals surface area contributed by atoms with E-state index >= 15 is 0 Å². The molecule has 0 spiro atoms. The molecule has 1 aromatic rings. The van der Waals surface area contributed by atoms with Gasteiger partial charge < -0.3 is 0 Å². The predicted octanol–water partition coefficient (Wildman–Crippen LogP) is 3.52. The number of carbonyl (C=O) groups excluding carboxylic acids is 1. The van der Waals surface area contributed by atoms with Gasteiger partial charge in [-0.05, 0) is 39.5 Å². The highest BCUT2D eigenvalue weighted by Crippen LogP contribution is 2.24. The Morgan fingerprint density at radius 3 is 2.46 bits per heavy atom. The molecule has 0 amide bonds. The standard InChI is InChI=1S/C10H10BrFO/c1-6(2)7-3-9(11)8(5-13)10(12)4-7/h3-6H,1-2H3. The van der Waals surface area contributed by atoms with E-state index in [9.17, 15) is 9.18 Å². The summed E-state index contributed by atoms with van der Waals surface area (Å²) < 4.78 is 13.7. The smallest absolute Gasteiger partial charge is 0.154 e. The second-order valence-electron chi connectivity index (χ2n) is 3.17. The number of halogens is 2. The van der Waals surface area contributed by atoms with Crippen LogP contribution in [0.3, 0.4) is 0 Å². The second-order valence-corrected chi connectivity index (χ2v) is 4.03. The van der Waals surface area contributed by atoms with Gasteiger partial charge in [-0.25, -0.2) is 4.39 Å². The van der Waals surface area contributed by atoms with Gasteiger partial charge in [-0.2, -0.15) is 0 Å². The number of rotatable bonds is 2. The molecular formula is C10H10BrFO. The zero-order chi connectivity index (χ0) is 10.0. The molecule has 0 aromatic heterocycles. The monoisotopic (exact) mass is 244 g/mol. The van der Waals surface area contributed by atoms with Crippen LogP contribution in [0.5, 0.6) is 0 Å². The van der Waals surface area contributed by atoms with Crippen molar-refractivity contribution in [3.63, 3.8) is 0 Å². The Labute approximate surface area is 85.1 Å². The van der Waals surface area contributed by atoms with Crippen molar-refractivity contribution in [2.24, 2.45) is 0 Å². The number of hydrogen-bond donors (Lipinski definition) is 0. The average molecular weight is 245 g/mol. The third-order valence-electron chi connectivity index (χ3n) is 1.89. The van der Waals surface area contributed by atoms with Crippen LogP contribution in [-0.4, -0.2) is 6.29 Å². The Bertz CT molecular complexity index is 311. The Morgan fingerprint density at radius 2 is 2.08 bits per heavy atom. The molecule has 0 heterocycles. The van der Waals surface area contributed by atoms with Gasteiger partial charge in [-0.3, -0.25) is 4.79 Å². The van der Waals surface area contributed by atoms with E-state index < -0.39 is 5.82 Å². The Balaban J connectivity index is 3.28. The van der Waals surface area contributed by atoms with Crippen molar-refractivity contribution in [2.45, 2.75) is 19.8 Å². The summed E-state index contributed by atoms with van der Waals surface area (Å²) in [6.07, 6.45) is 0.517. The van der Waals surface area contributed by atoms with Gasteiger partial charge in [0, 0.05) is 4.47 Å². The summed E-state index contributed by atoms with van der Waals surface area (Å²) in [5.41, 5.74) is 0.972.